The molecule has 0 fully saturated rings. The van der Waals surface area contributed by atoms with Gasteiger partial charge in [0.25, 0.3) is 0 Å². The third-order valence-electron chi connectivity index (χ3n) is 0. The first kappa shape index (κ1) is 7.44. The fourth-order valence-corrected chi connectivity index (χ4v) is 0. The van der Waals surface area contributed by atoms with Gasteiger partial charge in [0, 0.05) is 0 Å². The molecule has 0 aromatic carbocycles. The molecule has 0 aliphatic carbocycles. The van der Waals surface area contributed by atoms with Gasteiger partial charge in [0.05, 0.1) is 0 Å². The molecule has 0 amide bonds. The molecule has 0 saturated heterocycles. The zero-order valence-electron chi connectivity index (χ0n) is 1.87. The number of rotatable bonds is 0. The van der Waals surface area contributed by atoms with Gasteiger partial charge >= 0.3 is 62.1 Å². The Morgan fingerprint density at radius 3 is 0.800 bits per heavy atom. The molecule has 36 valence electrons. The van der Waals surface area contributed by atoms with E-state index in [1.807, 2.05) is 0 Å². The van der Waals surface area contributed by atoms with Crippen molar-refractivity contribution in [3.8, 4) is 0 Å². The monoisotopic (exact) mass is 372 g/mol. The molecule has 0 bridgehead atoms. The molecule has 5 heavy (non-hydrogen) atoms. The molecule has 0 aromatic heterocycles. The van der Waals surface area contributed by atoms with Crippen molar-refractivity contribution in [2.75, 3.05) is 0 Å². The predicted octanol–water partition coefficient (Wildman–Crippen LogP) is 3.38. The van der Waals surface area contributed by atoms with Gasteiger partial charge in [0.2, 0.25) is 0 Å². The zero-order valence-corrected chi connectivity index (χ0v) is 9.31. The minimum absolute atomic E-state index is 1.25. The topological polar surface area (TPSA) is 0 Å². The summed E-state index contributed by atoms with van der Waals surface area (Å²) in [6.45, 7) is 0. The molecular formula is Br4Fe. The molecule has 0 atom stereocenters. The van der Waals surface area contributed by atoms with Crippen LogP contribution in [0.4, 0.5) is 0 Å². The van der Waals surface area contributed by atoms with Crippen LogP contribution in [-0.4, -0.2) is 0 Å². The SMILES string of the molecule is [Br][Fe]([Br])([Br])[Br]. The van der Waals surface area contributed by atoms with Gasteiger partial charge in [-0.25, -0.2) is 0 Å². The maximum atomic E-state index is 3.25. The summed E-state index contributed by atoms with van der Waals surface area (Å²) >= 11 is 13.0. The summed E-state index contributed by atoms with van der Waals surface area (Å²) in [4.78, 5) is 0. The van der Waals surface area contributed by atoms with Crippen LogP contribution >= 0.6 is 56.4 Å². The predicted molar refractivity (Wildman–Crippen MR) is 35.7 cm³/mol. The maximum absolute atomic E-state index is 3.25. The van der Waals surface area contributed by atoms with Crippen molar-refractivity contribution in [1.29, 1.82) is 0 Å². The summed E-state index contributed by atoms with van der Waals surface area (Å²) in [6.07, 6.45) is 0. The van der Waals surface area contributed by atoms with Crippen LogP contribution in [0.1, 0.15) is 0 Å². The first-order chi connectivity index (χ1) is 2.00. The fourth-order valence-electron chi connectivity index (χ4n) is 0. The summed E-state index contributed by atoms with van der Waals surface area (Å²) in [5.41, 5.74) is -1.25. The van der Waals surface area contributed by atoms with Gasteiger partial charge in [0.1, 0.15) is 0 Å². The van der Waals surface area contributed by atoms with E-state index in [-0.39, 0.29) is 0 Å². The third kappa shape index (κ3) is 21.3. The number of halogens is 4. The molecule has 0 N–H and O–H groups in total. The normalized spacial score (nSPS) is 15.2. The second kappa shape index (κ2) is 2.68. The average molecular weight is 375 g/mol. The van der Waals surface area contributed by atoms with Gasteiger partial charge in [-0.2, -0.15) is 0 Å². The average Bonchev–Trinajstić information content (AvgIpc) is 0.722. The van der Waals surface area contributed by atoms with Crippen molar-refractivity contribution >= 4 is 56.4 Å². The van der Waals surface area contributed by atoms with Crippen LogP contribution in [0, 0.1) is 0 Å². The van der Waals surface area contributed by atoms with Crippen LogP contribution in [0.15, 0.2) is 0 Å². The molecule has 0 radical (unpaired) electrons. The molecule has 0 heterocycles. The van der Waals surface area contributed by atoms with Crippen molar-refractivity contribution < 1.29 is 5.61 Å². The Hall–Kier alpha value is 2.44. The van der Waals surface area contributed by atoms with Crippen LogP contribution in [0.2, 0.25) is 0 Å². The van der Waals surface area contributed by atoms with E-state index in [1.165, 1.54) is 0 Å². The van der Waals surface area contributed by atoms with E-state index in [0.717, 1.165) is 0 Å². The molecule has 0 rings (SSSR count). The summed E-state index contributed by atoms with van der Waals surface area (Å²) < 4.78 is 0. The van der Waals surface area contributed by atoms with Crippen LogP contribution in [0.5, 0.6) is 0 Å². The van der Waals surface area contributed by atoms with E-state index in [4.69, 9.17) is 0 Å². The first-order valence-electron chi connectivity index (χ1n) is 0.535. The Kier molecular flexibility index (Phi) is 3.98. The molecule has 0 aromatic rings. The zero-order chi connectivity index (χ0) is 4.50. The van der Waals surface area contributed by atoms with Crippen molar-refractivity contribution in [1.82, 2.24) is 0 Å². The summed E-state index contributed by atoms with van der Waals surface area (Å²) in [5.74, 6) is 0. The molecule has 0 unspecified atom stereocenters. The van der Waals surface area contributed by atoms with Gasteiger partial charge in [-0.1, -0.05) is 0 Å². The molecule has 5 heteroatoms. The Bertz CT molecular complexity index is 19.1. The second-order valence-corrected chi connectivity index (χ2v) is 33.7. The third-order valence-corrected chi connectivity index (χ3v) is 0. The Labute approximate surface area is 61.1 Å². The van der Waals surface area contributed by atoms with E-state index >= 15 is 0 Å². The summed E-state index contributed by atoms with van der Waals surface area (Å²) in [7, 11) is 0. The fraction of sp³-hybridized carbons (Fsp3) is 0. The second-order valence-electron chi connectivity index (χ2n) is 0.303. The molecular weight excluding hydrogens is 375 g/mol. The molecule has 0 nitrogen and oxygen atoms in total. The standard InChI is InChI=1S/4BrH.Fe/h4*1H;/q;;;;+4/p-4. The molecule has 0 spiro atoms. The number of hydrogen-bond donors (Lipinski definition) is 0. The summed E-state index contributed by atoms with van der Waals surface area (Å²) in [5, 5.41) is 0. The van der Waals surface area contributed by atoms with Crippen molar-refractivity contribution in [3.05, 3.63) is 0 Å². The van der Waals surface area contributed by atoms with E-state index in [2.05, 4.69) is 56.4 Å². The summed E-state index contributed by atoms with van der Waals surface area (Å²) in [6, 6.07) is 0. The van der Waals surface area contributed by atoms with Crippen LogP contribution in [0.3, 0.4) is 0 Å². The minimum atomic E-state index is -1.25. The van der Waals surface area contributed by atoms with Crippen LogP contribution < -0.4 is 0 Å². The van der Waals surface area contributed by atoms with Gasteiger partial charge in [0.15, 0.2) is 0 Å². The van der Waals surface area contributed by atoms with Gasteiger partial charge < -0.3 is 0 Å². The van der Waals surface area contributed by atoms with Crippen molar-refractivity contribution in [3.63, 3.8) is 0 Å². The van der Waals surface area contributed by atoms with Gasteiger partial charge in [-0.3, -0.25) is 0 Å². The molecule has 0 aliphatic rings. The van der Waals surface area contributed by atoms with Crippen LogP contribution in [0.25, 0.3) is 0 Å². The van der Waals surface area contributed by atoms with E-state index < -0.39 is 5.61 Å². The van der Waals surface area contributed by atoms with E-state index in [9.17, 15) is 0 Å². The number of hydrogen-bond acceptors (Lipinski definition) is 0. The van der Waals surface area contributed by atoms with E-state index in [1.54, 1.807) is 0 Å². The quantitative estimate of drug-likeness (QED) is 0.570. The van der Waals surface area contributed by atoms with Gasteiger partial charge in [-0.15, -0.1) is 0 Å². The Morgan fingerprint density at radius 2 is 0.800 bits per heavy atom. The Balaban J connectivity index is 3.02. The van der Waals surface area contributed by atoms with Gasteiger partial charge in [-0.05, 0) is 0 Å². The molecule has 0 aliphatic heterocycles. The van der Waals surface area contributed by atoms with Crippen molar-refractivity contribution in [2.45, 2.75) is 0 Å². The first-order valence-corrected chi connectivity index (χ1v) is 11.5. The Morgan fingerprint density at radius 1 is 0.800 bits per heavy atom. The van der Waals surface area contributed by atoms with E-state index in [0.29, 0.717) is 0 Å². The van der Waals surface area contributed by atoms with Crippen molar-refractivity contribution in [2.24, 2.45) is 0 Å². The van der Waals surface area contributed by atoms with Crippen LogP contribution in [-0.2, 0) is 5.61 Å². The molecule has 0 saturated carbocycles.